The highest BCUT2D eigenvalue weighted by Crippen LogP contribution is 2.35. The molecule has 0 radical (unpaired) electrons. The molecule has 9 heteroatoms. The number of piperidine rings is 1. The fourth-order valence-corrected chi connectivity index (χ4v) is 4.61. The van der Waals surface area contributed by atoms with E-state index >= 15 is 0 Å². The highest BCUT2D eigenvalue weighted by molar-refractivity contribution is 7.13. The van der Waals surface area contributed by atoms with Gasteiger partial charge in [0.25, 0.3) is 5.91 Å². The van der Waals surface area contributed by atoms with Crippen LogP contribution in [0.2, 0.25) is 0 Å². The third-order valence-electron chi connectivity index (χ3n) is 5.14. The number of amides is 1. The third-order valence-corrected chi connectivity index (χ3v) is 6.22. The Morgan fingerprint density at radius 2 is 2.00 bits per heavy atom. The van der Waals surface area contributed by atoms with E-state index in [4.69, 9.17) is 11.6 Å². The number of rotatable bonds is 3. The van der Waals surface area contributed by atoms with Gasteiger partial charge in [0.1, 0.15) is 5.69 Å². The van der Waals surface area contributed by atoms with Crippen molar-refractivity contribution in [1.29, 1.82) is 0 Å². The summed E-state index contributed by atoms with van der Waals surface area (Å²) in [5.74, 6) is -0.272. The van der Waals surface area contributed by atoms with Crippen LogP contribution in [0.3, 0.4) is 0 Å². The molecule has 3 aromatic heterocycles. The monoisotopic (exact) mass is 424 g/mol. The number of likely N-dealkylation sites (tertiary alicyclic amines) is 1. The van der Waals surface area contributed by atoms with Crippen LogP contribution >= 0.6 is 22.9 Å². The Balaban J connectivity index is 1.83. The summed E-state index contributed by atoms with van der Waals surface area (Å²) in [6.07, 6.45) is 2.89. The summed E-state index contributed by atoms with van der Waals surface area (Å²) in [6, 6.07) is 6.43. The molecule has 148 valence electrons. The lowest BCUT2D eigenvalue weighted by Crippen LogP contribution is -2.47. The van der Waals surface area contributed by atoms with E-state index in [2.05, 4.69) is 10.1 Å². The number of nitrogens with zero attached hydrogens (tertiary/aromatic N) is 4. The molecule has 1 amide bonds. The number of carbonyl (C=O) groups excluding carboxylic acids is 1. The fourth-order valence-electron chi connectivity index (χ4n) is 3.79. The molecule has 0 N–H and O–H groups in total. The van der Waals surface area contributed by atoms with Crippen LogP contribution in [-0.4, -0.2) is 37.5 Å². The molecular weight excluding hydrogens is 406 g/mol. The van der Waals surface area contributed by atoms with Gasteiger partial charge in [-0.05, 0) is 62.2 Å². The Morgan fingerprint density at radius 1 is 1.29 bits per heavy atom. The van der Waals surface area contributed by atoms with Crippen molar-refractivity contribution in [3.63, 3.8) is 0 Å². The number of aromatic nitrogens is 3. The van der Waals surface area contributed by atoms with Gasteiger partial charge < -0.3 is 4.90 Å². The van der Waals surface area contributed by atoms with Crippen LogP contribution in [0.1, 0.15) is 49.3 Å². The first-order valence-corrected chi connectivity index (χ1v) is 10.4. The van der Waals surface area contributed by atoms with Crippen LogP contribution in [0.4, 0.5) is 8.78 Å². The van der Waals surface area contributed by atoms with E-state index in [-0.39, 0.29) is 29.3 Å². The molecule has 0 spiro atoms. The van der Waals surface area contributed by atoms with Gasteiger partial charge in [-0.15, -0.1) is 11.3 Å². The summed E-state index contributed by atoms with van der Waals surface area (Å²) in [5.41, 5.74) is 0.123. The van der Waals surface area contributed by atoms with Gasteiger partial charge in [-0.1, -0.05) is 6.07 Å². The van der Waals surface area contributed by atoms with Crippen molar-refractivity contribution in [3.05, 3.63) is 41.0 Å². The predicted octanol–water partition coefficient (Wildman–Crippen LogP) is 5.15. The average molecular weight is 425 g/mol. The Kier molecular flexibility index (Phi) is 4.87. The summed E-state index contributed by atoms with van der Waals surface area (Å²) in [7, 11) is 0. The van der Waals surface area contributed by atoms with Gasteiger partial charge in [-0.25, -0.2) is 9.50 Å². The number of thiophene rings is 1. The topological polar surface area (TPSA) is 50.5 Å². The Hall–Kier alpha value is -2.06. The number of carbonyl (C=O) groups is 1. The fraction of sp³-hybridized carbons (Fsp3) is 0.421. The van der Waals surface area contributed by atoms with E-state index in [1.54, 1.807) is 11.0 Å². The molecule has 1 saturated heterocycles. The van der Waals surface area contributed by atoms with Crippen molar-refractivity contribution in [2.24, 2.45) is 0 Å². The second-order valence-electron chi connectivity index (χ2n) is 7.14. The molecule has 1 aliphatic rings. The largest absolute Gasteiger partial charge is 0.364 e. The Bertz CT molecular complexity index is 1010. The van der Waals surface area contributed by atoms with Crippen LogP contribution in [0.5, 0.6) is 0 Å². The van der Waals surface area contributed by atoms with Crippen molar-refractivity contribution in [2.45, 2.75) is 50.6 Å². The van der Waals surface area contributed by atoms with Gasteiger partial charge in [0.2, 0.25) is 0 Å². The number of alkyl halides is 3. The second kappa shape index (κ2) is 7.08. The molecule has 28 heavy (non-hydrogen) atoms. The third kappa shape index (κ3) is 3.39. The van der Waals surface area contributed by atoms with Gasteiger partial charge in [0, 0.05) is 18.2 Å². The molecule has 1 aliphatic heterocycles. The van der Waals surface area contributed by atoms with E-state index in [1.807, 2.05) is 25.3 Å². The summed E-state index contributed by atoms with van der Waals surface area (Å²) in [5, 5.41) is 2.34. The van der Waals surface area contributed by atoms with Crippen LogP contribution in [0.25, 0.3) is 16.2 Å². The van der Waals surface area contributed by atoms with Crippen molar-refractivity contribution in [3.8, 4) is 10.6 Å². The summed E-state index contributed by atoms with van der Waals surface area (Å²) >= 11 is 6.73. The minimum absolute atomic E-state index is 0.0737. The standard InChI is InChI=1S/C19H19ClF2N4OS/c1-11-5-3-6-12(2)25(11)18(27)14-10-17-23-13(15-7-4-8-28-15)9-16(19(20,21)22)26(17)24-14/h4,7-12H,3,5-6H2,1-2H3/t11-,12+. The van der Waals surface area contributed by atoms with E-state index in [1.165, 1.54) is 23.5 Å². The second-order valence-corrected chi connectivity index (χ2v) is 8.57. The molecule has 3 aromatic rings. The lowest BCUT2D eigenvalue weighted by molar-refractivity contribution is 0.0502. The number of fused-ring (bicyclic) bond motifs is 1. The van der Waals surface area contributed by atoms with Crippen LogP contribution in [0.15, 0.2) is 29.6 Å². The molecule has 0 saturated carbocycles. The first-order chi connectivity index (χ1) is 13.3. The van der Waals surface area contributed by atoms with Crippen molar-refractivity contribution >= 4 is 34.5 Å². The molecule has 0 aromatic carbocycles. The highest BCUT2D eigenvalue weighted by Gasteiger charge is 2.35. The number of halogens is 3. The molecule has 1 fully saturated rings. The van der Waals surface area contributed by atoms with Gasteiger partial charge in [0.15, 0.2) is 11.3 Å². The van der Waals surface area contributed by atoms with Crippen LogP contribution in [0, 0.1) is 0 Å². The molecule has 0 aliphatic carbocycles. The number of hydrogen-bond donors (Lipinski definition) is 0. The number of hydrogen-bond acceptors (Lipinski definition) is 4. The van der Waals surface area contributed by atoms with Crippen molar-refractivity contribution < 1.29 is 13.6 Å². The zero-order valence-electron chi connectivity index (χ0n) is 15.4. The summed E-state index contributed by atoms with van der Waals surface area (Å²) in [4.78, 5) is 20.0. The molecule has 2 atom stereocenters. The molecular formula is C19H19ClF2N4OS. The summed E-state index contributed by atoms with van der Waals surface area (Å²) < 4.78 is 29.1. The van der Waals surface area contributed by atoms with Gasteiger partial charge in [-0.3, -0.25) is 4.79 Å². The normalized spacial score (nSPS) is 20.7. The van der Waals surface area contributed by atoms with E-state index in [0.717, 1.165) is 28.7 Å². The molecule has 0 unspecified atom stereocenters. The Morgan fingerprint density at radius 3 is 2.61 bits per heavy atom. The zero-order valence-corrected chi connectivity index (χ0v) is 17.0. The van der Waals surface area contributed by atoms with Crippen molar-refractivity contribution in [2.75, 3.05) is 0 Å². The zero-order chi connectivity index (χ0) is 20.1. The first kappa shape index (κ1) is 19.3. The van der Waals surface area contributed by atoms with Gasteiger partial charge >= 0.3 is 5.38 Å². The predicted molar refractivity (Wildman–Crippen MR) is 105 cm³/mol. The smallest absolute Gasteiger partial charge is 0.332 e. The average Bonchev–Trinajstić information content (AvgIpc) is 3.29. The summed E-state index contributed by atoms with van der Waals surface area (Å²) in [6.45, 7) is 3.99. The van der Waals surface area contributed by atoms with Crippen LogP contribution in [-0.2, 0) is 5.38 Å². The maximum atomic E-state index is 14.1. The first-order valence-electron chi connectivity index (χ1n) is 9.10. The maximum absolute atomic E-state index is 14.1. The molecule has 0 bridgehead atoms. The van der Waals surface area contributed by atoms with Gasteiger partial charge in [0.05, 0.1) is 10.6 Å². The molecule has 4 heterocycles. The highest BCUT2D eigenvalue weighted by atomic mass is 35.5. The minimum Gasteiger partial charge on any atom is -0.332 e. The minimum atomic E-state index is -3.65. The van der Waals surface area contributed by atoms with E-state index in [9.17, 15) is 13.6 Å². The van der Waals surface area contributed by atoms with Gasteiger partial charge in [-0.2, -0.15) is 13.9 Å². The van der Waals surface area contributed by atoms with E-state index < -0.39 is 11.1 Å². The molecule has 4 rings (SSSR count). The SMILES string of the molecule is C[C@@H]1CCC[C@H](C)N1C(=O)c1cc2nc(-c3cccs3)cc(C(F)(F)Cl)n2n1. The maximum Gasteiger partial charge on any atom is 0.364 e. The van der Waals surface area contributed by atoms with Crippen molar-refractivity contribution in [1.82, 2.24) is 19.5 Å². The lowest BCUT2D eigenvalue weighted by atomic mass is 9.97. The van der Waals surface area contributed by atoms with Crippen LogP contribution < -0.4 is 0 Å². The van der Waals surface area contributed by atoms with E-state index in [0.29, 0.717) is 5.69 Å². The Labute approximate surface area is 169 Å². The molecule has 5 nitrogen and oxygen atoms in total. The quantitative estimate of drug-likeness (QED) is 0.546. The lowest BCUT2D eigenvalue weighted by Gasteiger charge is -2.38.